The third-order valence-corrected chi connectivity index (χ3v) is 5.78. The summed E-state index contributed by atoms with van der Waals surface area (Å²) in [4.78, 5) is 0.200. The van der Waals surface area contributed by atoms with Gasteiger partial charge in [0.1, 0.15) is 0 Å². The molecule has 2 rings (SSSR count). The van der Waals surface area contributed by atoms with Crippen molar-refractivity contribution in [3.63, 3.8) is 0 Å². The van der Waals surface area contributed by atoms with Gasteiger partial charge in [0.25, 0.3) is 0 Å². The highest BCUT2D eigenvalue weighted by molar-refractivity contribution is 7.89. The summed E-state index contributed by atoms with van der Waals surface area (Å²) in [6, 6.07) is 3.19. The van der Waals surface area contributed by atoms with Crippen LogP contribution in [0.25, 0.3) is 0 Å². The van der Waals surface area contributed by atoms with E-state index in [1.807, 2.05) is 13.8 Å². The van der Waals surface area contributed by atoms with E-state index in [4.69, 9.17) is 15.2 Å². The number of nitrogens with one attached hydrogen (secondary N) is 1. The number of nitrogens with two attached hydrogens (primary N) is 1. The molecule has 0 fully saturated rings. The Morgan fingerprint density at radius 1 is 1.23 bits per heavy atom. The fourth-order valence-corrected chi connectivity index (χ4v) is 4.18. The molecule has 0 saturated heterocycles. The number of fused-ring (bicyclic) bond motifs is 1. The first kappa shape index (κ1) is 19.0. The number of aryl methyl sites for hydroxylation is 1. The zero-order valence-corrected chi connectivity index (χ0v) is 14.6. The molecule has 0 spiro atoms. The smallest absolute Gasteiger partial charge is 0.241 e. The fraction of sp³-hybridized carbons (Fsp3) is 0.571. The quantitative estimate of drug-likeness (QED) is 0.818. The van der Waals surface area contributed by atoms with Gasteiger partial charge in [-0.05, 0) is 31.4 Å². The number of hydrogen-bond donors (Lipinski definition) is 2. The van der Waals surface area contributed by atoms with Crippen LogP contribution in [0.3, 0.4) is 0 Å². The summed E-state index contributed by atoms with van der Waals surface area (Å²) in [7, 11) is -3.67. The summed E-state index contributed by atoms with van der Waals surface area (Å²) in [5, 5.41) is 0. The third kappa shape index (κ3) is 3.48. The highest BCUT2D eigenvalue weighted by Crippen LogP contribution is 2.36. The van der Waals surface area contributed by atoms with Crippen molar-refractivity contribution >= 4 is 22.4 Å². The zero-order chi connectivity index (χ0) is 15.7. The predicted octanol–water partition coefficient (Wildman–Crippen LogP) is 1.94. The van der Waals surface area contributed by atoms with E-state index in [1.165, 1.54) is 6.07 Å². The lowest BCUT2D eigenvalue weighted by Crippen LogP contribution is -2.52. The average molecular weight is 351 g/mol. The van der Waals surface area contributed by atoms with E-state index >= 15 is 0 Å². The van der Waals surface area contributed by atoms with Gasteiger partial charge >= 0.3 is 0 Å². The normalized spacial score (nSPS) is 13.8. The minimum absolute atomic E-state index is 0. The Kier molecular flexibility index (Phi) is 6.09. The molecular weight excluding hydrogens is 328 g/mol. The number of benzene rings is 1. The Morgan fingerprint density at radius 2 is 1.77 bits per heavy atom. The fourth-order valence-electron chi connectivity index (χ4n) is 2.38. The van der Waals surface area contributed by atoms with Crippen LogP contribution in [0, 0.1) is 6.92 Å². The molecule has 6 nitrogen and oxygen atoms in total. The summed E-state index contributed by atoms with van der Waals surface area (Å²) in [6.45, 7) is 5.94. The molecule has 0 radical (unpaired) electrons. The van der Waals surface area contributed by atoms with Crippen LogP contribution in [-0.4, -0.2) is 27.3 Å². The average Bonchev–Trinajstić information content (AvgIpc) is 2.91. The summed E-state index contributed by atoms with van der Waals surface area (Å²) in [5.74, 6) is 1.02. The van der Waals surface area contributed by atoms with Crippen LogP contribution in [0.5, 0.6) is 11.5 Å². The molecule has 0 bridgehead atoms. The van der Waals surface area contributed by atoms with Crippen LogP contribution in [0.1, 0.15) is 32.3 Å². The Labute approximate surface area is 137 Å². The number of hydrogen-bond acceptors (Lipinski definition) is 5. The van der Waals surface area contributed by atoms with Crippen LogP contribution in [0.2, 0.25) is 0 Å². The number of rotatable bonds is 6. The van der Waals surface area contributed by atoms with E-state index in [2.05, 4.69) is 4.72 Å². The Hall–Kier alpha value is -1.02. The minimum atomic E-state index is -3.67. The van der Waals surface area contributed by atoms with Gasteiger partial charge in [0.2, 0.25) is 16.8 Å². The maximum atomic E-state index is 12.7. The van der Waals surface area contributed by atoms with E-state index in [1.54, 1.807) is 13.0 Å². The maximum absolute atomic E-state index is 12.7. The third-order valence-electron chi connectivity index (χ3n) is 4.05. The van der Waals surface area contributed by atoms with Gasteiger partial charge < -0.3 is 15.2 Å². The van der Waals surface area contributed by atoms with Crippen molar-refractivity contribution < 1.29 is 17.9 Å². The molecule has 1 aromatic rings. The molecule has 1 aliphatic rings. The first-order chi connectivity index (χ1) is 9.87. The number of ether oxygens (including phenoxy) is 2. The van der Waals surface area contributed by atoms with Crippen molar-refractivity contribution in [2.75, 3.05) is 13.3 Å². The van der Waals surface area contributed by atoms with Crippen molar-refractivity contribution in [2.45, 2.75) is 44.0 Å². The van der Waals surface area contributed by atoms with E-state index in [0.717, 1.165) is 0 Å². The largest absolute Gasteiger partial charge is 0.454 e. The van der Waals surface area contributed by atoms with Gasteiger partial charge in [-0.15, -0.1) is 12.4 Å². The lowest BCUT2D eigenvalue weighted by Gasteiger charge is -2.31. The molecule has 0 amide bonds. The molecule has 8 heteroatoms. The molecule has 1 heterocycles. The van der Waals surface area contributed by atoms with Crippen molar-refractivity contribution in [3.05, 3.63) is 17.7 Å². The highest BCUT2D eigenvalue weighted by atomic mass is 35.5. The summed E-state index contributed by atoms with van der Waals surface area (Å²) < 4.78 is 38.6. The number of sulfonamides is 1. The van der Waals surface area contributed by atoms with E-state index in [9.17, 15) is 8.42 Å². The molecular formula is C14H23ClN2O4S. The van der Waals surface area contributed by atoms with Crippen molar-refractivity contribution in [3.8, 4) is 11.5 Å². The monoisotopic (exact) mass is 350 g/mol. The van der Waals surface area contributed by atoms with Gasteiger partial charge in [0, 0.05) is 18.2 Å². The standard InChI is InChI=1S/C14H22N2O4S.ClH/c1-4-14(5-2,8-15)16-21(17,18)13-7-12-11(6-10(13)3)19-9-20-12;/h6-7,16H,4-5,8-9,15H2,1-3H3;1H. The van der Waals surface area contributed by atoms with Crippen LogP contribution >= 0.6 is 12.4 Å². The molecule has 1 aliphatic heterocycles. The zero-order valence-electron chi connectivity index (χ0n) is 13.0. The van der Waals surface area contributed by atoms with Crippen LogP contribution in [0.4, 0.5) is 0 Å². The second-order valence-electron chi connectivity index (χ2n) is 5.27. The first-order valence-electron chi connectivity index (χ1n) is 7.02. The van der Waals surface area contributed by atoms with Crippen molar-refractivity contribution in [1.29, 1.82) is 0 Å². The Balaban J connectivity index is 0.00000242. The van der Waals surface area contributed by atoms with Gasteiger partial charge in [0.05, 0.1) is 4.90 Å². The van der Waals surface area contributed by atoms with Crippen LogP contribution in [-0.2, 0) is 10.0 Å². The molecule has 22 heavy (non-hydrogen) atoms. The molecule has 0 saturated carbocycles. The summed E-state index contributed by atoms with van der Waals surface area (Å²) in [6.07, 6.45) is 1.26. The minimum Gasteiger partial charge on any atom is -0.454 e. The molecule has 0 aromatic heterocycles. The van der Waals surface area contributed by atoms with Crippen LogP contribution in [0.15, 0.2) is 17.0 Å². The molecule has 1 aromatic carbocycles. The molecule has 0 aliphatic carbocycles. The van der Waals surface area contributed by atoms with Gasteiger partial charge in [0.15, 0.2) is 11.5 Å². The van der Waals surface area contributed by atoms with Gasteiger partial charge in [-0.3, -0.25) is 0 Å². The van der Waals surface area contributed by atoms with Gasteiger partial charge in [-0.2, -0.15) is 0 Å². The SMILES string of the molecule is CCC(CC)(CN)NS(=O)(=O)c1cc2c(cc1C)OCO2.Cl. The molecule has 126 valence electrons. The van der Waals surface area contributed by atoms with Gasteiger partial charge in [-0.1, -0.05) is 13.8 Å². The van der Waals surface area contributed by atoms with E-state index in [-0.39, 0.29) is 30.6 Å². The first-order valence-corrected chi connectivity index (χ1v) is 8.50. The van der Waals surface area contributed by atoms with E-state index < -0.39 is 15.6 Å². The second-order valence-corrected chi connectivity index (χ2v) is 6.92. The molecule has 0 atom stereocenters. The predicted molar refractivity (Wildman–Crippen MR) is 87.2 cm³/mol. The lowest BCUT2D eigenvalue weighted by molar-refractivity contribution is 0.174. The topological polar surface area (TPSA) is 90.7 Å². The number of halogens is 1. The van der Waals surface area contributed by atoms with E-state index in [0.29, 0.717) is 29.9 Å². The lowest BCUT2D eigenvalue weighted by atomic mass is 9.95. The molecule has 3 N–H and O–H groups in total. The maximum Gasteiger partial charge on any atom is 0.241 e. The summed E-state index contributed by atoms with van der Waals surface area (Å²) in [5.41, 5.74) is 5.76. The van der Waals surface area contributed by atoms with Gasteiger partial charge in [-0.25, -0.2) is 13.1 Å². The van der Waals surface area contributed by atoms with Crippen LogP contribution < -0.4 is 19.9 Å². The second kappa shape index (κ2) is 7.04. The highest BCUT2D eigenvalue weighted by Gasteiger charge is 2.32. The Bertz CT molecular complexity index is 622. The summed E-state index contributed by atoms with van der Waals surface area (Å²) >= 11 is 0. The van der Waals surface area contributed by atoms with Crippen molar-refractivity contribution in [2.24, 2.45) is 5.73 Å². The Morgan fingerprint density at radius 3 is 2.27 bits per heavy atom. The van der Waals surface area contributed by atoms with Crippen molar-refractivity contribution in [1.82, 2.24) is 4.72 Å². The molecule has 0 unspecified atom stereocenters.